The van der Waals surface area contributed by atoms with Crippen LogP contribution in [0.3, 0.4) is 0 Å². The molecule has 4 atom stereocenters. The zero-order chi connectivity index (χ0) is 21.2. The van der Waals surface area contributed by atoms with E-state index in [2.05, 4.69) is 39.6 Å². The quantitative estimate of drug-likeness (QED) is 0.571. The SMILES string of the molecule is OC[C@@H]1[C@@H](Cc2ccnc(-c3cccnc3)n2)[C@H](NC2Cc3ccccc3C2)C[C@H]1O. The third kappa shape index (κ3) is 4.24. The monoisotopic (exact) mass is 416 g/mol. The lowest BCUT2D eigenvalue weighted by Gasteiger charge is -2.27. The molecule has 2 heterocycles. The van der Waals surface area contributed by atoms with Crippen molar-refractivity contribution in [1.82, 2.24) is 20.3 Å². The summed E-state index contributed by atoms with van der Waals surface area (Å²) in [6.07, 6.45) is 8.14. The maximum atomic E-state index is 10.6. The predicted molar refractivity (Wildman–Crippen MR) is 118 cm³/mol. The normalized spacial score (nSPS) is 25.6. The highest BCUT2D eigenvalue weighted by molar-refractivity contribution is 5.52. The summed E-state index contributed by atoms with van der Waals surface area (Å²) in [6.45, 7) is -0.0184. The van der Waals surface area contributed by atoms with E-state index in [1.165, 1.54) is 11.1 Å². The Morgan fingerprint density at radius 1 is 0.968 bits per heavy atom. The maximum absolute atomic E-state index is 10.6. The lowest BCUT2D eigenvalue weighted by Crippen LogP contribution is -2.43. The van der Waals surface area contributed by atoms with Gasteiger partial charge in [-0.3, -0.25) is 4.98 Å². The average molecular weight is 417 g/mol. The number of pyridine rings is 1. The number of hydrogen-bond acceptors (Lipinski definition) is 6. The average Bonchev–Trinajstić information content (AvgIpc) is 3.34. The number of hydrogen-bond donors (Lipinski definition) is 3. The zero-order valence-electron chi connectivity index (χ0n) is 17.4. The standard InChI is InChI=1S/C25H28N4O2/c30-15-22-21(12-19-7-9-27-25(29-19)18-6-3-8-26-14-18)23(13-24(22)31)28-20-10-16-4-1-2-5-17(16)11-20/h1-9,14,20-24,28,30-31H,10-13,15H2/t21-,22-,23-,24-/m1/s1. The van der Waals surface area contributed by atoms with Crippen molar-refractivity contribution in [3.05, 3.63) is 77.9 Å². The summed E-state index contributed by atoms with van der Waals surface area (Å²) in [5.74, 6) is 0.610. The van der Waals surface area contributed by atoms with Crippen LogP contribution in [0.4, 0.5) is 0 Å². The van der Waals surface area contributed by atoms with E-state index in [-0.39, 0.29) is 24.5 Å². The van der Waals surface area contributed by atoms with Gasteiger partial charge in [0.2, 0.25) is 0 Å². The van der Waals surface area contributed by atoms with E-state index < -0.39 is 6.10 Å². The molecule has 3 aromatic rings. The number of aliphatic hydroxyl groups is 2. The summed E-state index contributed by atoms with van der Waals surface area (Å²) in [5.41, 5.74) is 4.62. The van der Waals surface area contributed by atoms with Gasteiger partial charge in [-0.25, -0.2) is 9.97 Å². The fourth-order valence-electron chi connectivity index (χ4n) is 5.30. The molecule has 160 valence electrons. The molecule has 5 rings (SSSR count). The first-order valence-electron chi connectivity index (χ1n) is 11.1. The first kappa shape index (κ1) is 20.2. The Kier molecular flexibility index (Phi) is 5.76. The molecule has 3 N–H and O–H groups in total. The highest BCUT2D eigenvalue weighted by Crippen LogP contribution is 2.36. The fourth-order valence-corrected chi connectivity index (χ4v) is 5.30. The van der Waals surface area contributed by atoms with Crippen LogP contribution in [0.15, 0.2) is 61.1 Å². The van der Waals surface area contributed by atoms with Crippen molar-refractivity contribution >= 4 is 0 Å². The molecule has 6 nitrogen and oxygen atoms in total. The first-order chi connectivity index (χ1) is 15.2. The Balaban J connectivity index is 1.33. The second kappa shape index (κ2) is 8.83. The van der Waals surface area contributed by atoms with E-state index in [0.717, 1.165) is 24.1 Å². The molecule has 1 fully saturated rings. The first-order valence-corrected chi connectivity index (χ1v) is 11.1. The van der Waals surface area contributed by atoms with Gasteiger partial charge in [0, 0.05) is 54.5 Å². The molecule has 31 heavy (non-hydrogen) atoms. The second-order valence-corrected chi connectivity index (χ2v) is 8.78. The van der Waals surface area contributed by atoms with Crippen molar-refractivity contribution in [1.29, 1.82) is 0 Å². The molecule has 2 aliphatic carbocycles. The summed E-state index contributed by atoms with van der Waals surface area (Å²) in [7, 11) is 0. The molecule has 2 aliphatic rings. The minimum atomic E-state index is -0.504. The summed E-state index contributed by atoms with van der Waals surface area (Å²) in [4.78, 5) is 13.3. The molecule has 0 amide bonds. The minimum Gasteiger partial charge on any atom is -0.396 e. The number of rotatable bonds is 6. The van der Waals surface area contributed by atoms with Crippen molar-refractivity contribution in [2.45, 2.75) is 43.9 Å². The van der Waals surface area contributed by atoms with E-state index in [4.69, 9.17) is 4.98 Å². The number of fused-ring (bicyclic) bond motifs is 1. The molecular formula is C25H28N4O2. The third-order valence-corrected chi connectivity index (χ3v) is 6.85. The molecule has 0 unspecified atom stereocenters. The fraction of sp³-hybridized carbons (Fsp3) is 0.400. The van der Waals surface area contributed by atoms with Crippen LogP contribution < -0.4 is 5.32 Å². The Morgan fingerprint density at radius 2 is 1.77 bits per heavy atom. The lowest BCUT2D eigenvalue weighted by atomic mass is 9.88. The van der Waals surface area contributed by atoms with Gasteiger partial charge < -0.3 is 15.5 Å². The van der Waals surface area contributed by atoms with Crippen LogP contribution in [0.5, 0.6) is 0 Å². The van der Waals surface area contributed by atoms with Crippen LogP contribution in [-0.4, -0.2) is 50.0 Å². The number of aromatic nitrogens is 3. The Hall–Kier alpha value is -2.67. The van der Waals surface area contributed by atoms with E-state index in [1.54, 1.807) is 18.6 Å². The van der Waals surface area contributed by atoms with Crippen LogP contribution in [-0.2, 0) is 19.3 Å². The molecule has 2 aromatic heterocycles. The number of aliphatic hydroxyl groups excluding tert-OH is 2. The van der Waals surface area contributed by atoms with Crippen molar-refractivity contribution < 1.29 is 10.2 Å². The van der Waals surface area contributed by atoms with Crippen molar-refractivity contribution in [3.63, 3.8) is 0 Å². The van der Waals surface area contributed by atoms with E-state index in [1.807, 2.05) is 18.2 Å². The Bertz CT molecular complexity index is 1000. The molecule has 1 saturated carbocycles. The summed E-state index contributed by atoms with van der Waals surface area (Å²) in [5, 5.41) is 24.5. The minimum absolute atomic E-state index is 0.0184. The van der Waals surface area contributed by atoms with Gasteiger partial charge in [0.15, 0.2) is 5.82 Å². The molecule has 6 heteroatoms. The van der Waals surface area contributed by atoms with Gasteiger partial charge in [0.25, 0.3) is 0 Å². The Morgan fingerprint density at radius 3 is 2.48 bits per heavy atom. The van der Waals surface area contributed by atoms with Gasteiger partial charge in [-0.05, 0) is 60.9 Å². The van der Waals surface area contributed by atoms with Gasteiger partial charge in [-0.2, -0.15) is 0 Å². The van der Waals surface area contributed by atoms with Crippen molar-refractivity contribution in [2.24, 2.45) is 11.8 Å². The van der Waals surface area contributed by atoms with Gasteiger partial charge in [-0.15, -0.1) is 0 Å². The predicted octanol–water partition coefficient (Wildman–Crippen LogP) is 2.20. The smallest absolute Gasteiger partial charge is 0.160 e. The molecule has 0 bridgehead atoms. The van der Waals surface area contributed by atoms with Gasteiger partial charge >= 0.3 is 0 Å². The summed E-state index contributed by atoms with van der Waals surface area (Å²) < 4.78 is 0. The highest BCUT2D eigenvalue weighted by Gasteiger charge is 2.43. The van der Waals surface area contributed by atoms with Crippen LogP contribution in [0.1, 0.15) is 23.2 Å². The number of benzene rings is 1. The topological polar surface area (TPSA) is 91.2 Å². The van der Waals surface area contributed by atoms with Gasteiger partial charge in [0.1, 0.15) is 0 Å². The number of nitrogens with one attached hydrogen (secondary N) is 1. The highest BCUT2D eigenvalue weighted by atomic mass is 16.3. The van der Waals surface area contributed by atoms with Crippen LogP contribution in [0.2, 0.25) is 0 Å². The maximum Gasteiger partial charge on any atom is 0.160 e. The molecule has 0 radical (unpaired) electrons. The molecule has 0 saturated heterocycles. The third-order valence-electron chi connectivity index (χ3n) is 6.85. The largest absolute Gasteiger partial charge is 0.396 e. The molecule has 1 aromatic carbocycles. The van der Waals surface area contributed by atoms with E-state index in [9.17, 15) is 10.2 Å². The summed E-state index contributed by atoms with van der Waals surface area (Å²) in [6, 6.07) is 14.9. The van der Waals surface area contributed by atoms with Gasteiger partial charge in [-0.1, -0.05) is 24.3 Å². The van der Waals surface area contributed by atoms with Crippen molar-refractivity contribution in [3.8, 4) is 11.4 Å². The Labute approximate surface area is 182 Å². The van der Waals surface area contributed by atoms with Gasteiger partial charge in [0.05, 0.1) is 6.10 Å². The lowest BCUT2D eigenvalue weighted by molar-refractivity contribution is 0.0715. The van der Waals surface area contributed by atoms with Crippen LogP contribution in [0.25, 0.3) is 11.4 Å². The van der Waals surface area contributed by atoms with E-state index >= 15 is 0 Å². The number of nitrogens with zero attached hydrogens (tertiary/aromatic N) is 3. The zero-order valence-corrected chi connectivity index (χ0v) is 17.4. The van der Waals surface area contributed by atoms with E-state index in [0.29, 0.717) is 24.7 Å². The molecular weight excluding hydrogens is 388 g/mol. The van der Waals surface area contributed by atoms with Crippen LogP contribution >= 0.6 is 0 Å². The summed E-state index contributed by atoms with van der Waals surface area (Å²) >= 11 is 0. The van der Waals surface area contributed by atoms with Crippen LogP contribution in [0, 0.1) is 11.8 Å². The molecule has 0 aliphatic heterocycles. The van der Waals surface area contributed by atoms with Crippen molar-refractivity contribution in [2.75, 3.05) is 6.61 Å². The second-order valence-electron chi connectivity index (χ2n) is 8.78. The molecule has 0 spiro atoms.